The number of thiophene rings is 1. The third-order valence-electron chi connectivity index (χ3n) is 10.1. The first kappa shape index (κ1) is 40.4. The quantitative estimate of drug-likeness (QED) is 0.0339. The van der Waals surface area contributed by atoms with Crippen molar-refractivity contribution < 1.29 is 28.1 Å². The van der Waals surface area contributed by atoms with Crippen molar-refractivity contribution in [1.29, 1.82) is 0 Å². The smallest absolute Gasteiger partial charge is 0.145 e. The summed E-state index contributed by atoms with van der Waals surface area (Å²) in [6.07, 6.45) is 2.51. The number of benzene rings is 5. The molecule has 11 heteroatoms. The van der Waals surface area contributed by atoms with Crippen molar-refractivity contribution in [2.45, 2.75) is 25.6 Å². The van der Waals surface area contributed by atoms with Crippen LogP contribution in [0.1, 0.15) is 27.8 Å². The van der Waals surface area contributed by atoms with Crippen LogP contribution in [0, 0.1) is 19.7 Å². The fourth-order valence-electron chi connectivity index (χ4n) is 7.26. The highest BCUT2D eigenvalue weighted by Gasteiger charge is 2.39. The maximum Gasteiger partial charge on any atom is 0.145 e. The molecule has 2 aromatic heterocycles. The molecule has 0 saturated carbocycles. The highest BCUT2D eigenvalue weighted by Crippen LogP contribution is 2.50. The van der Waals surface area contributed by atoms with Crippen molar-refractivity contribution in [1.82, 2.24) is 9.97 Å². The molecular formula is C47H43ClFN3O5S. The molecule has 58 heavy (non-hydrogen) atoms. The van der Waals surface area contributed by atoms with Gasteiger partial charge in [-0.25, -0.2) is 14.4 Å². The van der Waals surface area contributed by atoms with Gasteiger partial charge >= 0.3 is 0 Å². The number of hydrogen-bond donors (Lipinski definition) is 1. The van der Waals surface area contributed by atoms with E-state index < -0.39 is 11.7 Å². The minimum atomic E-state index is -1.08. The van der Waals surface area contributed by atoms with Gasteiger partial charge in [0.25, 0.3) is 0 Å². The minimum absolute atomic E-state index is 0.0974. The number of ether oxygens (including phenoxy) is 5. The molecule has 7 aromatic rings. The molecule has 0 aliphatic carbocycles. The van der Waals surface area contributed by atoms with Crippen LogP contribution < -0.4 is 19.9 Å². The zero-order valence-electron chi connectivity index (χ0n) is 32.6. The van der Waals surface area contributed by atoms with E-state index in [9.17, 15) is 4.39 Å². The molecule has 0 aliphatic rings. The zero-order valence-corrected chi connectivity index (χ0v) is 34.2. The maximum atomic E-state index is 14.1. The number of methoxy groups -OCH3 is 2. The van der Waals surface area contributed by atoms with Crippen molar-refractivity contribution in [2.75, 3.05) is 39.8 Å². The van der Waals surface area contributed by atoms with Crippen molar-refractivity contribution in [3.63, 3.8) is 0 Å². The summed E-state index contributed by atoms with van der Waals surface area (Å²) in [7, 11) is 3.28. The molecule has 8 nitrogen and oxygen atoms in total. The molecule has 7 rings (SSSR count). The number of anilines is 1. The van der Waals surface area contributed by atoms with Gasteiger partial charge in [0.2, 0.25) is 0 Å². The molecule has 296 valence electrons. The minimum Gasteiger partial charge on any atom is -0.497 e. The normalized spacial score (nSPS) is 12.0. The summed E-state index contributed by atoms with van der Waals surface area (Å²) in [5, 5.41) is 1.01. The van der Waals surface area contributed by atoms with Crippen LogP contribution in [0.3, 0.4) is 0 Å². The predicted molar refractivity (Wildman–Crippen MR) is 231 cm³/mol. The first-order chi connectivity index (χ1) is 28.2. The summed E-state index contributed by atoms with van der Waals surface area (Å²) < 4.78 is 45.1. The summed E-state index contributed by atoms with van der Waals surface area (Å²) in [4.78, 5) is 10.4. The van der Waals surface area contributed by atoms with Gasteiger partial charge in [-0.1, -0.05) is 84.4 Å². The van der Waals surface area contributed by atoms with E-state index in [1.807, 2.05) is 98.8 Å². The lowest BCUT2D eigenvalue weighted by Gasteiger charge is -2.37. The largest absolute Gasteiger partial charge is 0.497 e. The fourth-order valence-corrected chi connectivity index (χ4v) is 8.69. The van der Waals surface area contributed by atoms with Crippen LogP contribution in [0.15, 0.2) is 128 Å². The van der Waals surface area contributed by atoms with Gasteiger partial charge in [0.15, 0.2) is 0 Å². The van der Waals surface area contributed by atoms with Crippen molar-refractivity contribution in [3.8, 4) is 38.8 Å². The number of hydrogen-bond acceptors (Lipinski definition) is 9. The van der Waals surface area contributed by atoms with Gasteiger partial charge in [0.05, 0.1) is 45.1 Å². The Morgan fingerprint density at radius 3 is 2.05 bits per heavy atom. The Kier molecular flexibility index (Phi) is 12.4. The van der Waals surface area contributed by atoms with Crippen LogP contribution >= 0.6 is 22.9 Å². The Morgan fingerprint density at radius 1 is 0.828 bits per heavy atom. The number of nitrogens with zero attached hydrogens (tertiary/aromatic N) is 2. The van der Waals surface area contributed by atoms with Crippen molar-refractivity contribution in [3.05, 3.63) is 167 Å². The van der Waals surface area contributed by atoms with E-state index in [0.29, 0.717) is 33.4 Å². The average molecular weight is 816 g/mol. The number of fused-ring (bicyclic) bond motifs is 1. The molecule has 1 unspecified atom stereocenters. The Balaban J connectivity index is 1.31. The van der Waals surface area contributed by atoms with Crippen LogP contribution in [0.2, 0.25) is 5.15 Å². The molecule has 1 atom stereocenters. The molecule has 2 N–H and O–H groups in total. The Bertz CT molecular complexity index is 2470. The number of nitrogen functional groups attached to an aromatic ring is 1. The first-order valence-electron chi connectivity index (χ1n) is 18.6. The Hall–Kier alpha value is -5.78. The second-order valence-electron chi connectivity index (χ2n) is 13.6. The van der Waals surface area contributed by atoms with Crippen molar-refractivity contribution >= 4 is 38.8 Å². The van der Waals surface area contributed by atoms with E-state index in [2.05, 4.69) is 16.5 Å². The van der Waals surface area contributed by atoms with Crippen molar-refractivity contribution in [2.24, 2.45) is 0 Å². The molecule has 5 aromatic carbocycles. The Labute approximate surface area is 346 Å². The summed E-state index contributed by atoms with van der Waals surface area (Å²) in [6.45, 7) is 8.37. The van der Waals surface area contributed by atoms with E-state index >= 15 is 0 Å². The molecular weight excluding hydrogens is 773 g/mol. The summed E-state index contributed by atoms with van der Waals surface area (Å²) in [5.41, 5.74) is 13.2. The summed E-state index contributed by atoms with van der Waals surface area (Å²) in [5.74, 6) is 1.59. The van der Waals surface area contributed by atoms with Gasteiger partial charge < -0.3 is 29.4 Å². The lowest BCUT2D eigenvalue weighted by Crippen LogP contribution is -2.38. The monoisotopic (exact) mass is 815 g/mol. The van der Waals surface area contributed by atoms with Crippen LogP contribution in [0.4, 0.5) is 10.1 Å². The number of aryl methyl sites for hydroxylation is 1. The summed E-state index contributed by atoms with van der Waals surface area (Å²) >= 11 is 8.23. The van der Waals surface area contributed by atoms with Gasteiger partial charge in [0.1, 0.15) is 51.1 Å². The van der Waals surface area contributed by atoms with Gasteiger partial charge in [-0.2, -0.15) is 0 Å². The molecule has 2 heterocycles. The van der Waals surface area contributed by atoms with Crippen LogP contribution in [0.5, 0.6) is 17.2 Å². The molecule has 0 amide bonds. The Morgan fingerprint density at radius 2 is 1.45 bits per heavy atom. The van der Waals surface area contributed by atoms with E-state index in [-0.39, 0.29) is 19.0 Å². The van der Waals surface area contributed by atoms with Crippen LogP contribution in [0.25, 0.3) is 31.8 Å². The second kappa shape index (κ2) is 17.8. The number of aromatic nitrogens is 2. The molecule has 0 fully saturated rings. The number of rotatable bonds is 16. The fraction of sp³-hybridized carbons (Fsp3) is 0.191. The topological polar surface area (TPSA) is 98.0 Å². The zero-order chi connectivity index (χ0) is 40.8. The lowest BCUT2D eigenvalue weighted by molar-refractivity contribution is -0.0522. The average Bonchev–Trinajstić information content (AvgIpc) is 3.64. The van der Waals surface area contributed by atoms with Crippen LogP contribution in [-0.2, 0) is 15.1 Å². The third kappa shape index (κ3) is 8.01. The van der Waals surface area contributed by atoms with E-state index in [1.165, 1.54) is 29.8 Å². The van der Waals surface area contributed by atoms with Gasteiger partial charge in [-0.15, -0.1) is 17.9 Å². The highest BCUT2D eigenvalue weighted by molar-refractivity contribution is 7.22. The van der Waals surface area contributed by atoms with E-state index in [4.69, 9.17) is 41.0 Å². The van der Waals surface area contributed by atoms with E-state index in [1.54, 1.807) is 32.4 Å². The molecule has 0 bridgehead atoms. The highest BCUT2D eigenvalue weighted by atomic mass is 35.5. The predicted octanol–water partition coefficient (Wildman–Crippen LogP) is 11.0. The SMILES string of the molecule is C=CCOCC(COC(c1ccccc1)(c1ccc(OC)cc1)c1ccc(OC)cc1)Oc1cc(C)c(-c2c(-c3ccc(F)cc3)sc3ncnc(Cl)c23)c(C)c1N. The third-order valence-corrected chi connectivity index (χ3v) is 11.5. The summed E-state index contributed by atoms with van der Waals surface area (Å²) in [6, 6.07) is 34.1. The molecule has 0 aliphatic heterocycles. The van der Waals surface area contributed by atoms with E-state index in [0.717, 1.165) is 60.9 Å². The first-order valence-corrected chi connectivity index (χ1v) is 19.8. The number of halogens is 2. The maximum absolute atomic E-state index is 14.1. The standard InChI is InChI=1S/C47H43ClFN3O5S/c1-6-24-55-26-38(27-56-47(32-10-8-7-9-11-32,33-14-20-36(53-4)21-15-33)34-16-22-37(54-5)23-17-34)57-39-25-29(2)40(30(3)43(39)50)41-42-45(48)51-28-52-46(42)58-44(41)31-12-18-35(49)19-13-31/h6-23,25,28,38H,1,24,26-27,50H2,2-5H3. The van der Waals surface area contributed by atoms with Gasteiger partial charge in [-0.05, 0) is 95.3 Å². The molecule has 0 spiro atoms. The molecule has 0 saturated heterocycles. The lowest BCUT2D eigenvalue weighted by atomic mass is 9.80. The van der Waals surface area contributed by atoms with Gasteiger partial charge in [-0.3, -0.25) is 0 Å². The second-order valence-corrected chi connectivity index (χ2v) is 15.0. The number of nitrogens with two attached hydrogens (primary N) is 1. The van der Waals surface area contributed by atoms with Gasteiger partial charge in [0, 0.05) is 10.4 Å². The van der Waals surface area contributed by atoms with Crippen LogP contribution in [-0.4, -0.2) is 50.1 Å². The molecule has 0 radical (unpaired) electrons.